The molecule has 112 valence electrons. The number of benzene rings is 1. The van der Waals surface area contributed by atoms with Crippen LogP contribution >= 0.6 is 11.6 Å². The van der Waals surface area contributed by atoms with Gasteiger partial charge in [0, 0.05) is 22.5 Å². The van der Waals surface area contributed by atoms with E-state index >= 15 is 0 Å². The van der Waals surface area contributed by atoms with Crippen LogP contribution in [0.5, 0.6) is 0 Å². The van der Waals surface area contributed by atoms with E-state index in [1.807, 2.05) is 6.07 Å². The van der Waals surface area contributed by atoms with Gasteiger partial charge in [0.05, 0.1) is 0 Å². The molecule has 0 bridgehead atoms. The fraction of sp³-hybridized carbons (Fsp3) is 0.312. The number of hydrogen-bond donors (Lipinski definition) is 0. The monoisotopic (exact) mass is 315 g/mol. The van der Waals surface area contributed by atoms with Crippen LogP contribution in [-0.2, 0) is 6.54 Å². The molecule has 6 heteroatoms. The van der Waals surface area contributed by atoms with Crippen LogP contribution in [-0.4, -0.2) is 14.8 Å². The Morgan fingerprint density at radius 3 is 2.91 bits per heavy atom. The van der Waals surface area contributed by atoms with Crippen LogP contribution in [0.1, 0.15) is 37.0 Å². The summed E-state index contributed by atoms with van der Waals surface area (Å²) in [6.45, 7) is 0.289. The summed E-state index contributed by atoms with van der Waals surface area (Å²) < 4.78 is 7.25. The lowest BCUT2D eigenvalue weighted by atomic mass is 9.85. The number of nitrogens with zero attached hydrogens (tertiary/aromatic N) is 3. The molecule has 1 aromatic carbocycles. The summed E-state index contributed by atoms with van der Waals surface area (Å²) in [7, 11) is 0. The lowest BCUT2D eigenvalue weighted by molar-refractivity contribution is 0.322. The summed E-state index contributed by atoms with van der Waals surface area (Å²) in [6, 6.07) is 7.11. The largest absolute Gasteiger partial charge is 0.423 e. The van der Waals surface area contributed by atoms with E-state index in [-0.39, 0.29) is 12.1 Å². The van der Waals surface area contributed by atoms with Crippen molar-refractivity contribution in [2.45, 2.75) is 31.7 Å². The molecule has 0 N–H and O–H groups in total. The van der Waals surface area contributed by atoms with E-state index in [1.165, 1.54) is 6.42 Å². The Kier molecular flexibility index (Phi) is 3.22. The van der Waals surface area contributed by atoms with Gasteiger partial charge in [0.1, 0.15) is 6.54 Å². The second-order valence-corrected chi connectivity index (χ2v) is 6.08. The predicted octanol–water partition coefficient (Wildman–Crippen LogP) is 3.35. The molecule has 22 heavy (non-hydrogen) atoms. The van der Waals surface area contributed by atoms with Crippen molar-refractivity contribution in [1.29, 1.82) is 0 Å². The first kappa shape index (κ1) is 13.5. The number of halogens is 1. The Hall–Kier alpha value is -2.14. The molecule has 0 radical (unpaired) electrons. The van der Waals surface area contributed by atoms with Gasteiger partial charge in [-0.1, -0.05) is 18.0 Å². The molecule has 1 aliphatic rings. The first-order chi connectivity index (χ1) is 10.7. The zero-order valence-electron chi connectivity index (χ0n) is 11.8. The molecule has 0 saturated heterocycles. The Bertz CT molecular complexity index is 896. The van der Waals surface area contributed by atoms with E-state index in [0.29, 0.717) is 28.1 Å². The van der Waals surface area contributed by atoms with E-state index in [2.05, 4.69) is 10.2 Å². The van der Waals surface area contributed by atoms with Crippen molar-refractivity contribution in [3.63, 3.8) is 0 Å². The first-order valence-corrected chi connectivity index (χ1v) is 7.69. The Balaban J connectivity index is 1.66. The highest BCUT2D eigenvalue weighted by Gasteiger charge is 2.25. The highest BCUT2D eigenvalue weighted by Crippen LogP contribution is 2.35. The molecule has 1 saturated carbocycles. The van der Waals surface area contributed by atoms with Gasteiger partial charge >= 0.3 is 0 Å². The molecule has 0 atom stereocenters. The number of rotatable bonds is 3. The Labute approximate surface area is 131 Å². The molecule has 0 aliphatic heterocycles. The quantitative estimate of drug-likeness (QED) is 0.743. The fourth-order valence-electron chi connectivity index (χ4n) is 2.68. The van der Waals surface area contributed by atoms with Gasteiger partial charge in [-0.15, -0.1) is 10.2 Å². The van der Waals surface area contributed by atoms with Gasteiger partial charge in [0.15, 0.2) is 0 Å². The van der Waals surface area contributed by atoms with E-state index in [9.17, 15) is 4.79 Å². The summed E-state index contributed by atoms with van der Waals surface area (Å²) >= 11 is 5.95. The van der Waals surface area contributed by atoms with Crippen LogP contribution in [0.25, 0.3) is 10.8 Å². The third kappa shape index (κ3) is 2.31. The van der Waals surface area contributed by atoms with Crippen molar-refractivity contribution in [2.24, 2.45) is 0 Å². The molecular formula is C16H14ClN3O2. The van der Waals surface area contributed by atoms with Crippen LogP contribution in [0.15, 0.2) is 39.7 Å². The molecule has 3 aromatic rings. The van der Waals surface area contributed by atoms with Gasteiger partial charge in [0.2, 0.25) is 11.8 Å². The van der Waals surface area contributed by atoms with Crippen molar-refractivity contribution in [2.75, 3.05) is 0 Å². The van der Waals surface area contributed by atoms with E-state index in [4.69, 9.17) is 16.0 Å². The third-order valence-corrected chi connectivity index (χ3v) is 4.42. The summed E-state index contributed by atoms with van der Waals surface area (Å²) in [5, 5.41) is 10.2. The minimum absolute atomic E-state index is 0.0856. The molecule has 2 heterocycles. The number of aromatic nitrogens is 3. The van der Waals surface area contributed by atoms with Crippen LogP contribution in [0.2, 0.25) is 5.02 Å². The number of hydrogen-bond acceptors (Lipinski definition) is 4. The lowest BCUT2D eigenvalue weighted by Gasteiger charge is -2.20. The Morgan fingerprint density at radius 1 is 1.27 bits per heavy atom. The zero-order valence-corrected chi connectivity index (χ0v) is 12.6. The summed E-state index contributed by atoms with van der Waals surface area (Å²) in [6.07, 6.45) is 5.17. The minimum atomic E-state index is -0.0856. The van der Waals surface area contributed by atoms with E-state index in [0.717, 1.165) is 18.2 Å². The van der Waals surface area contributed by atoms with Gasteiger partial charge in [-0.25, -0.2) is 0 Å². The van der Waals surface area contributed by atoms with Crippen molar-refractivity contribution < 1.29 is 4.42 Å². The van der Waals surface area contributed by atoms with Crippen LogP contribution < -0.4 is 5.56 Å². The standard InChI is InChI=1S/C16H14ClN3O2/c17-12-4-5-13-11(8-12)6-7-20(16(13)21)9-14-18-19-15(22-14)10-2-1-3-10/h4-8,10H,1-3,9H2. The molecule has 5 nitrogen and oxygen atoms in total. The van der Waals surface area contributed by atoms with Gasteiger partial charge in [-0.05, 0) is 42.5 Å². The highest BCUT2D eigenvalue weighted by molar-refractivity contribution is 6.31. The number of fused-ring (bicyclic) bond motifs is 1. The minimum Gasteiger partial charge on any atom is -0.423 e. The maximum absolute atomic E-state index is 12.5. The molecule has 1 fully saturated rings. The lowest BCUT2D eigenvalue weighted by Crippen LogP contribution is -2.20. The van der Waals surface area contributed by atoms with Crippen LogP contribution in [0, 0.1) is 0 Å². The van der Waals surface area contributed by atoms with Crippen molar-refractivity contribution in [1.82, 2.24) is 14.8 Å². The predicted molar refractivity (Wildman–Crippen MR) is 83.2 cm³/mol. The second kappa shape index (κ2) is 5.25. The summed E-state index contributed by atoms with van der Waals surface area (Å²) in [5.41, 5.74) is -0.0856. The molecule has 2 aromatic heterocycles. The smallest absolute Gasteiger partial charge is 0.258 e. The van der Waals surface area contributed by atoms with Gasteiger partial charge in [0.25, 0.3) is 5.56 Å². The first-order valence-electron chi connectivity index (χ1n) is 7.32. The van der Waals surface area contributed by atoms with Gasteiger partial charge in [-0.2, -0.15) is 0 Å². The highest BCUT2D eigenvalue weighted by atomic mass is 35.5. The molecule has 1 aliphatic carbocycles. The fourth-order valence-corrected chi connectivity index (χ4v) is 2.86. The number of pyridine rings is 1. The van der Waals surface area contributed by atoms with E-state index in [1.54, 1.807) is 29.0 Å². The average molecular weight is 316 g/mol. The molecular weight excluding hydrogens is 302 g/mol. The van der Waals surface area contributed by atoms with Crippen LogP contribution in [0.3, 0.4) is 0 Å². The SMILES string of the molecule is O=c1c2ccc(Cl)cc2ccn1Cc1nnc(C2CCC2)o1. The average Bonchev–Trinajstić information content (AvgIpc) is 2.88. The molecule has 0 amide bonds. The van der Waals surface area contributed by atoms with Crippen molar-refractivity contribution in [3.05, 3.63) is 57.6 Å². The van der Waals surface area contributed by atoms with Crippen molar-refractivity contribution in [3.8, 4) is 0 Å². The van der Waals surface area contributed by atoms with Crippen molar-refractivity contribution >= 4 is 22.4 Å². The molecule has 0 unspecified atom stereocenters. The normalized spacial score (nSPS) is 15.1. The second-order valence-electron chi connectivity index (χ2n) is 5.64. The zero-order chi connectivity index (χ0) is 15.1. The third-order valence-electron chi connectivity index (χ3n) is 4.18. The van der Waals surface area contributed by atoms with Gasteiger partial charge < -0.3 is 8.98 Å². The van der Waals surface area contributed by atoms with E-state index < -0.39 is 0 Å². The van der Waals surface area contributed by atoms with Gasteiger partial charge in [-0.3, -0.25) is 4.79 Å². The molecule has 0 spiro atoms. The molecule has 4 rings (SSSR count). The summed E-state index contributed by atoms with van der Waals surface area (Å²) in [5.74, 6) is 1.57. The topological polar surface area (TPSA) is 60.9 Å². The van der Waals surface area contributed by atoms with Crippen LogP contribution in [0.4, 0.5) is 0 Å². The summed E-state index contributed by atoms with van der Waals surface area (Å²) in [4.78, 5) is 12.5. The maximum Gasteiger partial charge on any atom is 0.258 e. The Morgan fingerprint density at radius 2 is 2.14 bits per heavy atom. The maximum atomic E-state index is 12.5.